The van der Waals surface area contributed by atoms with Gasteiger partial charge >= 0.3 is 5.97 Å². The van der Waals surface area contributed by atoms with Crippen molar-refractivity contribution in [3.8, 4) is 11.5 Å². The van der Waals surface area contributed by atoms with Gasteiger partial charge in [-0.15, -0.1) is 0 Å². The Labute approximate surface area is 159 Å². The molecule has 0 spiro atoms. The molecular formula is C19H26ClNO5. The van der Waals surface area contributed by atoms with E-state index >= 15 is 0 Å². The van der Waals surface area contributed by atoms with E-state index in [1.807, 2.05) is 0 Å². The maximum atomic E-state index is 12.2. The summed E-state index contributed by atoms with van der Waals surface area (Å²) in [7, 11) is 2.91. The highest BCUT2D eigenvalue weighted by Crippen LogP contribution is 2.36. The van der Waals surface area contributed by atoms with Crippen LogP contribution in [0.15, 0.2) is 12.1 Å². The van der Waals surface area contributed by atoms with Crippen molar-refractivity contribution >= 4 is 23.5 Å². The molecule has 0 unspecified atom stereocenters. The lowest BCUT2D eigenvalue weighted by molar-refractivity contribution is -0.125. The van der Waals surface area contributed by atoms with Gasteiger partial charge in [-0.3, -0.25) is 4.79 Å². The Morgan fingerprint density at radius 2 is 1.92 bits per heavy atom. The SMILES string of the molecule is COc1cc(C(=O)OCC(=O)N[C@@H]2CCC[C@H](C)[C@H]2C)cc(Cl)c1OC. The number of carbonyl (C=O) groups is 2. The van der Waals surface area contributed by atoms with Crippen molar-refractivity contribution in [2.75, 3.05) is 20.8 Å². The van der Waals surface area contributed by atoms with Gasteiger partial charge in [-0.2, -0.15) is 0 Å². The summed E-state index contributed by atoms with van der Waals surface area (Å²) in [5, 5.41) is 3.20. The van der Waals surface area contributed by atoms with E-state index in [1.165, 1.54) is 32.8 Å². The highest BCUT2D eigenvalue weighted by Gasteiger charge is 2.28. The van der Waals surface area contributed by atoms with E-state index in [0.29, 0.717) is 23.3 Å². The number of hydrogen-bond donors (Lipinski definition) is 1. The number of amides is 1. The average molecular weight is 384 g/mol. The Morgan fingerprint density at radius 3 is 2.58 bits per heavy atom. The van der Waals surface area contributed by atoms with Crippen LogP contribution in [-0.4, -0.2) is 38.7 Å². The summed E-state index contributed by atoms with van der Waals surface area (Å²) in [6.45, 7) is 4.01. The third-order valence-corrected chi connectivity index (χ3v) is 5.34. The molecule has 6 nitrogen and oxygen atoms in total. The van der Waals surface area contributed by atoms with Crippen LogP contribution in [0.4, 0.5) is 0 Å². The number of rotatable bonds is 6. The molecule has 1 aromatic rings. The van der Waals surface area contributed by atoms with Crippen molar-refractivity contribution in [3.05, 3.63) is 22.7 Å². The Balaban J connectivity index is 1.94. The molecule has 7 heteroatoms. The van der Waals surface area contributed by atoms with Crippen molar-refractivity contribution in [1.82, 2.24) is 5.32 Å². The lowest BCUT2D eigenvalue weighted by atomic mass is 9.78. The predicted molar refractivity (Wildman–Crippen MR) is 98.9 cm³/mol. The van der Waals surface area contributed by atoms with Crippen LogP contribution in [0.1, 0.15) is 43.5 Å². The summed E-state index contributed by atoms with van der Waals surface area (Å²) in [5.41, 5.74) is 0.195. The van der Waals surface area contributed by atoms with Crippen molar-refractivity contribution in [2.45, 2.75) is 39.2 Å². The van der Waals surface area contributed by atoms with Gasteiger partial charge in [0.1, 0.15) is 0 Å². The van der Waals surface area contributed by atoms with Gasteiger partial charge in [0.05, 0.1) is 24.8 Å². The third kappa shape index (κ3) is 4.81. The molecule has 0 heterocycles. The van der Waals surface area contributed by atoms with Gasteiger partial charge in [0, 0.05) is 6.04 Å². The van der Waals surface area contributed by atoms with E-state index in [-0.39, 0.29) is 29.1 Å². The van der Waals surface area contributed by atoms with Crippen LogP contribution in [0.25, 0.3) is 0 Å². The highest BCUT2D eigenvalue weighted by atomic mass is 35.5. The second kappa shape index (κ2) is 9.12. The minimum Gasteiger partial charge on any atom is -0.493 e. The molecule has 1 fully saturated rings. The quantitative estimate of drug-likeness (QED) is 0.761. The van der Waals surface area contributed by atoms with Gasteiger partial charge in [0.25, 0.3) is 5.91 Å². The van der Waals surface area contributed by atoms with Crippen LogP contribution in [0.2, 0.25) is 5.02 Å². The predicted octanol–water partition coefficient (Wildman–Crippen LogP) is 3.45. The molecule has 0 radical (unpaired) electrons. The molecule has 2 rings (SSSR count). The normalized spacial score (nSPS) is 22.4. The largest absolute Gasteiger partial charge is 0.493 e. The van der Waals surface area contributed by atoms with Crippen LogP contribution in [0.3, 0.4) is 0 Å². The van der Waals surface area contributed by atoms with E-state index in [0.717, 1.165) is 12.8 Å². The lowest BCUT2D eigenvalue weighted by Crippen LogP contribution is -2.45. The van der Waals surface area contributed by atoms with Gasteiger partial charge in [0.15, 0.2) is 18.1 Å². The van der Waals surface area contributed by atoms with Crippen LogP contribution < -0.4 is 14.8 Å². The van der Waals surface area contributed by atoms with Crippen LogP contribution in [0, 0.1) is 11.8 Å². The fraction of sp³-hybridized carbons (Fsp3) is 0.579. The molecule has 1 aliphatic rings. The second-order valence-electron chi connectivity index (χ2n) is 6.71. The van der Waals surface area contributed by atoms with Crippen molar-refractivity contribution in [1.29, 1.82) is 0 Å². The monoisotopic (exact) mass is 383 g/mol. The molecule has 0 aliphatic heterocycles. The molecule has 1 amide bonds. The number of halogens is 1. The Bertz CT molecular complexity index is 664. The molecule has 3 atom stereocenters. The van der Waals surface area contributed by atoms with Gasteiger partial charge < -0.3 is 19.5 Å². The summed E-state index contributed by atoms with van der Waals surface area (Å²) in [6, 6.07) is 3.02. The van der Waals surface area contributed by atoms with Gasteiger partial charge in [0.2, 0.25) is 0 Å². The van der Waals surface area contributed by atoms with Crippen molar-refractivity contribution < 1.29 is 23.8 Å². The zero-order chi connectivity index (χ0) is 19.3. The first-order chi connectivity index (χ1) is 12.4. The maximum absolute atomic E-state index is 12.2. The summed E-state index contributed by atoms with van der Waals surface area (Å²) in [5.74, 6) is 0.702. The molecule has 1 aromatic carbocycles. The van der Waals surface area contributed by atoms with E-state index in [1.54, 1.807) is 0 Å². The fourth-order valence-electron chi connectivity index (χ4n) is 3.28. The average Bonchev–Trinajstić information content (AvgIpc) is 2.62. The smallest absolute Gasteiger partial charge is 0.338 e. The summed E-state index contributed by atoms with van der Waals surface area (Å²) >= 11 is 6.09. The van der Waals surface area contributed by atoms with Gasteiger partial charge in [-0.25, -0.2) is 4.79 Å². The molecule has 1 aliphatic carbocycles. The minimum atomic E-state index is -0.645. The van der Waals surface area contributed by atoms with Crippen LogP contribution in [0.5, 0.6) is 11.5 Å². The number of methoxy groups -OCH3 is 2. The summed E-state index contributed by atoms with van der Waals surface area (Å²) < 4.78 is 15.4. The molecule has 0 aromatic heterocycles. The Morgan fingerprint density at radius 1 is 1.19 bits per heavy atom. The summed E-state index contributed by atoms with van der Waals surface area (Å²) in [6.07, 6.45) is 3.24. The van der Waals surface area contributed by atoms with Gasteiger partial charge in [-0.1, -0.05) is 38.3 Å². The van der Waals surface area contributed by atoms with E-state index in [9.17, 15) is 9.59 Å². The lowest BCUT2D eigenvalue weighted by Gasteiger charge is -2.34. The minimum absolute atomic E-state index is 0.125. The molecule has 1 N–H and O–H groups in total. The second-order valence-corrected chi connectivity index (χ2v) is 7.12. The van der Waals surface area contributed by atoms with Gasteiger partial charge in [-0.05, 0) is 30.4 Å². The number of benzene rings is 1. The zero-order valence-corrected chi connectivity index (χ0v) is 16.4. The Kier molecular flexibility index (Phi) is 7.14. The van der Waals surface area contributed by atoms with Crippen LogP contribution >= 0.6 is 11.6 Å². The number of ether oxygens (including phenoxy) is 3. The fourth-order valence-corrected chi connectivity index (χ4v) is 3.57. The standard InChI is InChI=1S/C19H26ClNO5/c1-11-6-5-7-15(12(11)2)21-17(22)10-26-19(23)13-8-14(20)18(25-4)16(9-13)24-3/h8-9,11-12,15H,5-7,10H2,1-4H3,(H,21,22)/t11-,12+,15+/m0/s1. The topological polar surface area (TPSA) is 73.9 Å². The maximum Gasteiger partial charge on any atom is 0.338 e. The van der Waals surface area contributed by atoms with Crippen molar-refractivity contribution in [3.63, 3.8) is 0 Å². The molecule has 0 saturated heterocycles. The number of esters is 1. The van der Waals surface area contributed by atoms with E-state index < -0.39 is 5.97 Å². The Hall–Kier alpha value is -1.95. The van der Waals surface area contributed by atoms with E-state index in [2.05, 4.69) is 19.2 Å². The first-order valence-electron chi connectivity index (χ1n) is 8.75. The summed E-state index contributed by atoms with van der Waals surface area (Å²) in [4.78, 5) is 24.4. The molecule has 144 valence electrons. The van der Waals surface area contributed by atoms with E-state index in [4.69, 9.17) is 25.8 Å². The van der Waals surface area contributed by atoms with Crippen molar-refractivity contribution in [2.24, 2.45) is 11.8 Å². The molecular weight excluding hydrogens is 358 g/mol. The zero-order valence-electron chi connectivity index (χ0n) is 15.6. The first kappa shape index (κ1) is 20.4. The highest BCUT2D eigenvalue weighted by molar-refractivity contribution is 6.32. The van der Waals surface area contributed by atoms with Crippen LogP contribution in [-0.2, 0) is 9.53 Å². The molecule has 0 bridgehead atoms. The first-order valence-corrected chi connectivity index (χ1v) is 9.13. The number of nitrogens with one attached hydrogen (secondary N) is 1. The molecule has 26 heavy (non-hydrogen) atoms. The third-order valence-electron chi connectivity index (χ3n) is 5.06. The number of hydrogen-bond acceptors (Lipinski definition) is 5. The molecule has 1 saturated carbocycles. The number of carbonyl (C=O) groups excluding carboxylic acids is 2.